The van der Waals surface area contributed by atoms with E-state index in [1.54, 1.807) is 18.2 Å². The van der Waals surface area contributed by atoms with Crippen molar-refractivity contribution in [3.63, 3.8) is 0 Å². The lowest BCUT2D eigenvalue weighted by molar-refractivity contribution is -0.132. The van der Waals surface area contributed by atoms with Gasteiger partial charge in [-0.05, 0) is 44.6 Å². The quantitative estimate of drug-likeness (QED) is 0.774. The number of hydrogen-bond donors (Lipinski definition) is 1. The van der Waals surface area contributed by atoms with Crippen molar-refractivity contribution in [3.8, 4) is 0 Å². The molecule has 2 aliphatic rings. The van der Waals surface area contributed by atoms with Gasteiger partial charge in [0.25, 0.3) is 5.92 Å². The molecule has 2 aliphatic carbocycles. The molecule has 20 heavy (non-hydrogen) atoms. The van der Waals surface area contributed by atoms with Crippen LogP contribution in [0, 0.1) is 5.92 Å². The highest BCUT2D eigenvalue weighted by molar-refractivity contribution is 5.87. The van der Waals surface area contributed by atoms with Crippen LogP contribution < -0.4 is 0 Å². The molecule has 1 unspecified atom stereocenters. The second-order valence-corrected chi connectivity index (χ2v) is 5.58. The number of halogens is 2. The predicted molar refractivity (Wildman–Crippen MR) is 73.7 cm³/mol. The molecule has 0 aromatic carbocycles. The number of hydrogen-bond acceptors (Lipinski definition) is 1. The highest BCUT2D eigenvalue weighted by Crippen LogP contribution is 2.38. The molecule has 0 saturated carbocycles. The normalized spacial score (nSPS) is 26.2. The summed E-state index contributed by atoms with van der Waals surface area (Å²) in [6.45, 7) is 0. The van der Waals surface area contributed by atoms with Crippen molar-refractivity contribution < 1.29 is 18.7 Å². The zero-order valence-electron chi connectivity index (χ0n) is 11.4. The molecule has 0 fully saturated rings. The van der Waals surface area contributed by atoms with E-state index in [0.717, 1.165) is 30.9 Å². The molecule has 2 nitrogen and oxygen atoms in total. The van der Waals surface area contributed by atoms with E-state index in [-0.39, 0.29) is 0 Å². The lowest BCUT2D eigenvalue weighted by Crippen LogP contribution is -2.27. The smallest absolute Gasteiger partial charge is 0.331 e. The third-order valence-electron chi connectivity index (χ3n) is 4.08. The van der Waals surface area contributed by atoms with Crippen molar-refractivity contribution in [2.75, 3.05) is 0 Å². The summed E-state index contributed by atoms with van der Waals surface area (Å²) >= 11 is 0. The first-order valence-corrected chi connectivity index (χ1v) is 7.16. The van der Waals surface area contributed by atoms with Gasteiger partial charge in [-0.3, -0.25) is 0 Å². The SMILES string of the molecule is O=C(O)C1=CC=C(CC2CCCCC=CC2(F)F)CC1. The van der Waals surface area contributed by atoms with Gasteiger partial charge in [-0.1, -0.05) is 30.2 Å². The van der Waals surface area contributed by atoms with Gasteiger partial charge in [-0.15, -0.1) is 0 Å². The molecule has 0 spiro atoms. The number of rotatable bonds is 3. The first-order chi connectivity index (χ1) is 9.49. The van der Waals surface area contributed by atoms with Crippen molar-refractivity contribution in [1.29, 1.82) is 0 Å². The monoisotopic (exact) mass is 282 g/mol. The molecule has 0 amide bonds. The van der Waals surface area contributed by atoms with Crippen LogP contribution in [-0.4, -0.2) is 17.0 Å². The van der Waals surface area contributed by atoms with Crippen LogP contribution in [0.1, 0.15) is 44.9 Å². The Morgan fingerprint density at radius 2 is 2.10 bits per heavy atom. The van der Waals surface area contributed by atoms with E-state index in [4.69, 9.17) is 5.11 Å². The van der Waals surface area contributed by atoms with Crippen LogP contribution in [-0.2, 0) is 4.79 Å². The molecule has 0 heterocycles. The zero-order chi connectivity index (χ0) is 14.6. The third-order valence-corrected chi connectivity index (χ3v) is 4.08. The van der Waals surface area contributed by atoms with Crippen molar-refractivity contribution in [2.45, 2.75) is 50.9 Å². The zero-order valence-corrected chi connectivity index (χ0v) is 11.4. The van der Waals surface area contributed by atoms with Crippen LogP contribution in [0.4, 0.5) is 8.78 Å². The molecule has 0 bridgehead atoms. The van der Waals surface area contributed by atoms with Gasteiger partial charge >= 0.3 is 5.97 Å². The Morgan fingerprint density at radius 3 is 2.75 bits per heavy atom. The molecule has 0 aliphatic heterocycles. The fraction of sp³-hybridized carbons (Fsp3) is 0.562. The van der Waals surface area contributed by atoms with Gasteiger partial charge in [-0.25, -0.2) is 13.6 Å². The summed E-state index contributed by atoms with van der Waals surface area (Å²) in [7, 11) is 0. The molecule has 1 N–H and O–H groups in total. The molecule has 2 rings (SSSR count). The van der Waals surface area contributed by atoms with E-state index in [2.05, 4.69) is 0 Å². The molecule has 0 saturated heterocycles. The molecule has 0 aromatic heterocycles. The summed E-state index contributed by atoms with van der Waals surface area (Å²) < 4.78 is 28.1. The van der Waals surface area contributed by atoms with Gasteiger partial charge in [0.15, 0.2) is 0 Å². The van der Waals surface area contributed by atoms with Crippen LogP contribution in [0.2, 0.25) is 0 Å². The van der Waals surface area contributed by atoms with E-state index in [1.807, 2.05) is 0 Å². The summed E-state index contributed by atoms with van der Waals surface area (Å²) in [4.78, 5) is 10.8. The van der Waals surface area contributed by atoms with Gasteiger partial charge < -0.3 is 5.11 Å². The Hall–Kier alpha value is -1.45. The lowest BCUT2D eigenvalue weighted by atomic mass is 9.83. The molecule has 110 valence electrons. The largest absolute Gasteiger partial charge is 0.478 e. The Morgan fingerprint density at radius 1 is 1.30 bits per heavy atom. The molecule has 1 atom stereocenters. The highest BCUT2D eigenvalue weighted by atomic mass is 19.3. The second-order valence-electron chi connectivity index (χ2n) is 5.58. The van der Waals surface area contributed by atoms with E-state index in [0.29, 0.717) is 31.3 Å². The van der Waals surface area contributed by atoms with Crippen molar-refractivity contribution in [2.24, 2.45) is 5.92 Å². The minimum atomic E-state index is -2.75. The summed E-state index contributed by atoms with van der Waals surface area (Å²) in [5.41, 5.74) is 1.30. The van der Waals surface area contributed by atoms with E-state index in [9.17, 15) is 13.6 Å². The maximum atomic E-state index is 14.0. The standard InChI is InChI=1S/C16H20F2O2/c17-16(18)10-4-2-1-3-5-14(16)11-12-6-8-13(9-7-12)15(19)20/h4,6,8,10,14H,1-3,5,7,9,11H2,(H,19,20). The summed E-state index contributed by atoms with van der Waals surface area (Å²) in [5.74, 6) is -4.33. The molecule has 0 radical (unpaired) electrons. The minimum absolute atomic E-state index is 0.359. The maximum absolute atomic E-state index is 14.0. The van der Waals surface area contributed by atoms with Crippen molar-refractivity contribution >= 4 is 5.97 Å². The Balaban J connectivity index is 2.06. The van der Waals surface area contributed by atoms with Crippen LogP contribution >= 0.6 is 0 Å². The van der Waals surface area contributed by atoms with Gasteiger partial charge in [0, 0.05) is 11.5 Å². The topological polar surface area (TPSA) is 37.3 Å². The van der Waals surface area contributed by atoms with Gasteiger partial charge in [0.1, 0.15) is 0 Å². The average molecular weight is 282 g/mol. The second kappa shape index (κ2) is 6.33. The number of aliphatic carboxylic acids is 1. The fourth-order valence-electron chi connectivity index (χ4n) is 2.81. The first-order valence-electron chi connectivity index (χ1n) is 7.16. The number of carbonyl (C=O) groups is 1. The number of alkyl halides is 2. The summed E-state index contributed by atoms with van der Waals surface area (Å²) in [6.07, 6.45) is 10.3. The highest BCUT2D eigenvalue weighted by Gasteiger charge is 2.37. The summed E-state index contributed by atoms with van der Waals surface area (Å²) in [6, 6.07) is 0. The van der Waals surface area contributed by atoms with Crippen LogP contribution in [0.25, 0.3) is 0 Å². The number of carboxylic acid groups (broad SMARTS) is 1. The Kier molecular flexibility index (Phi) is 4.73. The van der Waals surface area contributed by atoms with E-state index < -0.39 is 17.8 Å². The van der Waals surface area contributed by atoms with E-state index >= 15 is 0 Å². The van der Waals surface area contributed by atoms with Crippen LogP contribution in [0.5, 0.6) is 0 Å². The molecular formula is C16H20F2O2. The fourth-order valence-corrected chi connectivity index (χ4v) is 2.81. The molecular weight excluding hydrogens is 262 g/mol. The number of carboxylic acids is 1. The third kappa shape index (κ3) is 3.78. The Labute approximate surface area is 117 Å². The summed E-state index contributed by atoms with van der Waals surface area (Å²) in [5, 5.41) is 8.87. The van der Waals surface area contributed by atoms with Gasteiger partial charge in [0.2, 0.25) is 0 Å². The average Bonchev–Trinajstić information content (AvgIpc) is 2.40. The predicted octanol–water partition coefficient (Wildman–Crippen LogP) is 4.49. The van der Waals surface area contributed by atoms with Crippen LogP contribution in [0.3, 0.4) is 0 Å². The molecule has 4 heteroatoms. The van der Waals surface area contributed by atoms with Crippen LogP contribution in [0.15, 0.2) is 35.5 Å². The van der Waals surface area contributed by atoms with Crippen molar-refractivity contribution in [3.05, 3.63) is 35.5 Å². The molecule has 0 aromatic rings. The van der Waals surface area contributed by atoms with E-state index in [1.165, 1.54) is 0 Å². The lowest BCUT2D eigenvalue weighted by Gasteiger charge is -2.27. The first kappa shape index (κ1) is 14.9. The number of allylic oxidation sites excluding steroid dienone is 5. The maximum Gasteiger partial charge on any atom is 0.331 e. The van der Waals surface area contributed by atoms with Crippen molar-refractivity contribution in [1.82, 2.24) is 0 Å². The van der Waals surface area contributed by atoms with Gasteiger partial charge in [0.05, 0.1) is 0 Å². The van der Waals surface area contributed by atoms with Gasteiger partial charge in [-0.2, -0.15) is 0 Å². The minimum Gasteiger partial charge on any atom is -0.478 e. The Bertz CT molecular complexity index is 461.